The van der Waals surface area contributed by atoms with Crippen molar-refractivity contribution in [3.63, 3.8) is 0 Å². The molecule has 0 spiro atoms. The Morgan fingerprint density at radius 2 is 1.93 bits per heavy atom. The molecule has 2 fully saturated rings. The lowest BCUT2D eigenvalue weighted by Gasteiger charge is -2.45. The van der Waals surface area contributed by atoms with Gasteiger partial charge in [-0.3, -0.25) is 4.90 Å². The number of terminal acetylenes is 1. The number of thiazole rings is 1. The molecular formula is C24H29ClN2OS. The molecule has 29 heavy (non-hydrogen) atoms. The monoisotopic (exact) mass is 428 g/mol. The number of morpholine rings is 1. The number of aryl methyl sites for hydroxylation is 2. The van der Waals surface area contributed by atoms with Crippen LogP contribution in [0.2, 0.25) is 5.02 Å². The topological polar surface area (TPSA) is 25.4 Å². The Morgan fingerprint density at radius 3 is 2.55 bits per heavy atom. The molecule has 5 heteroatoms. The van der Waals surface area contributed by atoms with Gasteiger partial charge in [0.15, 0.2) is 0 Å². The minimum Gasteiger partial charge on any atom is -0.363 e. The molecule has 0 amide bonds. The van der Waals surface area contributed by atoms with Crippen LogP contribution in [0.15, 0.2) is 24.3 Å². The van der Waals surface area contributed by atoms with Crippen LogP contribution in [-0.2, 0) is 11.2 Å². The molecule has 1 aromatic carbocycles. The maximum atomic E-state index is 6.06. The molecule has 0 unspecified atom stereocenters. The molecular weight excluding hydrogens is 400 g/mol. The Kier molecular flexibility index (Phi) is 6.61. The first-order valence-electron chi connectivity index (χ1n) is 10.6. The highest BCUT2D eigenvalue weighted by Crippen LogP contribution is 2.38. The van der Waals surface area contributed by atoms with Crippen LogP contribution in [0.3, 0.4) is 0 Å². The molecule has 2 aliphatic rings. The number of halogens is 1. The van der Waals surface area contributed by atoms with Crippen molar-refractivity contribution in [3.8, 4) is 12.3 Å². The van der Waals surface area contributed by atoms with E-state index >= 15 is 0 Å². The molecule has 1 aliphatic heterocycles. The van der Waals surface area contributed by atoms with Crippen molar-refractivity contribution in [1.82, 2.24) is 9.88 Å². The lowest BCUT2D eigenvalue weighted by Crippen LogP contribution is -2.55. The first-order chi connectivity index (χ1) is 14.0. The summed E-state index contributed by atoms with van der Waals surface area (Å²) in [6.07, 6.45) is 11.4. The largest absolute Gasteiger partial charge is 0.363 e. The molecule has 0 N–H and O–H groups in total. The van der Waals surface area contributed by atoms with Crippen LogP contribution in [0.4, 0.5) is 0 Å². The predicted molar refractivity (Wildman–Crippen MR) is 121 cm³/mol. The second-order valence-electron chi connectivity index (χ2n) is 8.37. The van der Waals surface area contributed by atoms with E-state index in [0.29, 0.717) is 24.6 Å². The van der Waals surface area contributed by atoms with Crippen molar-refractivity contribution >= 4 is 22.9 Å². The Balaban J connectivity index is 1.43. The van der Waals surface area contributed by atoms with Crippen molar-refractivity contribution in [3.05, 3.63) is 50.4 Å². The maximum Gasteiger partial charge on any atom is 0.130 e. The fraction of sp³-hybridized carbons (Fsp3) is 0.542. The Morgan fingerprint density at radius 1 is 1.21 bits per heavy atom. The predicted octanol–water partition coefficient (Wildman–Crippen LogP) is 5.38. The van der Waals surface area contributed by atoms with Crippen molar-refractivity contribution in [2.75, 3.05) is 13.2 Å². The third-order valence-corrected chi connectivity index (χ3v) is 7.95. The highest BCUT2D eigenvalue weighted by molar-refractivity contribution is 7.11. The molecule has 0 radical (unpaired) electrons. The van der Waals surface area contributed by atoms with Gasteiger partial charge in [-0.05, 0) is 63.6 Å². The molecule has 3 nitrogen and oxygen atoms in total. The van der Waals surface area contributed by atoms with E-state index in [2.05, 4.69) is 36.8 Å². The molecule has 2 atom stereocenters. The van der Waals surface area contributed by atoms with Gasteiger partial charge >= 0.3 is 0 Å². The summed E-state index contributed by atoms with van der Waals surface area (Å²) in [6.45, 7) is 5.83. The average molecular weight is 429 g/mol. The van der Waals surface area contributed by atoms with E-state index < -0.39 is 0 Å². The third-order valence-electron chi connectivity index (χ3n) is 6.47. The number of hydrogen-bond donors (Lipinski definition) is 0. The Labute approximate surface area is 183 Å². The average Bonchev–Trinajstić information content (AvgIpc) is 3.08. The number of hydrogen-bond acceptors (Lipinski definition) is 4. The molecule has 4 rings (SSSR count). The normalized spacial score (nSPS) is 28.2. The summed E-state index contributed by atoms with van der Waals surface area (Å²) in [4.78, 5) is 8.82. The summed E-state index contributed by atoms with van der Waals surface area (Å²) >= 11 is 7.94. The summed E-state index contributed by atoms with van der Waals surface area (Å²) < 4.78 is 5.95. The van der Waals surface area contributed by atoms with E-state index in [1.165, 1.54) is 46.8 Å². The summed E-state index contributed by atoms with van der Waals surface area (Å²) in [7, 11) is 0. The van der Waals surface area contributed by atoms with Gasteiger partial charge in [0, 0.05) is 34.4 Å². The van der Waals surface area contributed by atoms with Gasteiger partial charge in [-0.2, -0.15) is 0 Å². The number of nitrogens with zero attached hydrogens (tertiary/aromatic N) is 2. The van der Waals surface area contributed by atoms with Crippen LogP contribution >= 0.6 is 22.9 Å². The summed E-state index contributed by atoms with van der Waals surface area (Å²) in [6, 6.07) is 9.13. The van der Waals surface area contributed by atoms with Crippen molar-refractivity contribution < 1.29 is 4.74 Å². The first-order valence-corrected chi connectivity index (χ1v) is 11.7. The molecule has 2 aromatic rings. The van der Waals surface area contributed by atoms with Crippen molar-refractivity contribution in [2.45, 2.75) is 70.1 Å². The maximum absolute atomic E-state index is 6.06. The molecule has 2 heterocycles. The van der Waals surface area contributed by atoms with Gasteiger partial charge in [0.2, 0.25) is 0 Å². The number of rotatable bonds is 4. The number of aromatic nitrogens is 1. The standard InChI is InChI=1S/C24H29ClN2OS/c1-4-23-14-27(22(15-28-23)13-18-5-9-20(25)10-6-18)21-11-7-19(8-12-21)24-26-16(2)17(3)29-24/h1,5-6,9-10,19,21-23H,7-8,11-15H2,2-3H3/t19?,21?,22-,23-/m0/s1. The number of benzene rings is 1. The minimum absolute atomic E-state index is 0.0987. The molecule has 1 aromatic heterocycles. The van der Waals surface area contributed by atoms with Gasteiger partial charge in [-0.15, -0.1) is 17.8 Å². The van der Waals surface area contributed by atoms with E-state index in [4.69, 9.17) is 27.7 Å². The van der Waals surface area contributed by atoms with E-state index in [-0.39, 0.29) is 6.10 Å². The van der Waals surface area contributed by atoms with Crippen LogP contribution < -0.4 is 0 Å². The van der Waals surface area contributed by atoms with Crippen LogP contribution in [0.5, 0.6) is 0 Å². The summed E-state index contributed by atoms with van der Waals surface area (Å²) in [5.41, 5.74) is 2.50. The quantitative estimate of drug-likeness (QED) is 0.611. The lowest BCUT2D eigenvalue weighted by atomic mass is 9.84. The fourth-order valence-corrected chi connectivity index (χ4v) is 5.88. The van der Waals surface area contributed by atoms with E-state index in [1.807, 2.05) is 23.5 Å². The molecule has 1 saturated carbocycles. The van der Waals surface area contributed by atoms with Crippen LogP contribution in [-0.4, -0.2) is 41.2 Å². The molecule has 154 valence electrons. The smallest absolute Gasteiger partial charge is 0.130 e. The van der Waals surface area contributed by atoms with Gasteiger partial charge in [-0.25, -0.2) is 4.98 Å². The lowest BCUT2D eigenvalue weighted by molar-refractivity contribution is -0.0625. The van der Waals surface area contributed by atoms with E-state index in [9.17, 15) is 0 Å². The van der Waals surface area contributed by atoms with Gasteiger partial charge < -0.3 is 4.74 Å². The second-order valence-corrected chi connectivity index (χ2v) is 10.0. The van der Waals surface area contributed by atoms with Crippen LogP contribution in [0, 0.1) is 26.2 Å². The molecule has 0 bridgehead atoms. The first kappa shape index (κ1) is 20.9. The van der Waals surface area contributed by atoms with E-state index in [0.717, 1.165) is 18.0 Å². The summed E-state index contributed by atoms with van der Waals surface area (Å²) in [5, 5.41) is 2.11. The van der Waals surface area contributed by atoms with Crippen molar-refractivity contribution in [1.29, 1.82) is 0 Å². The number of ether oxygens (including phenoxy) is 1. The Bertz CT molecular complexity index is 844. The van der Waals surface area contributed by atoms with Gasteiger partial charge in [-0.1, -0.05) is 29.7 Å². The zero-order valence-electron chi connectivity index (χ0n) is 17.2. The van der Waals surface area contributed by atoms with Crippen molar-refractivity contribution in [2.24, 2.45) is 0 Å². The van der Waals surface area contributed by atoms with E-state index in [1.54, 1.807) is 0 Å². The highest BCUT2D eigenvalue weighted by Gasteiger charge is 2.36. The van der Waals surface area contributed by atoms with Gasteiger partial charge in [0.05, 0.1) is 17.3 Å². The van der Waals surface area contributed by atoms with Gasteiger partial charge in [0.25, 0.3) is 0 Å². The fourth-order valence-electron chi connectivity index (χ4n) is 4.66. The zero-order chi connectivity index (χ0) is 20.4. The van der Waals surface area contributed by atoms with Gasteiger partial charge in [0.1, 0.15) is 6.10 Å². The second kappa shape index (κ2) is 9.18. The molecule has 1 aliphatic carbocycles. The zero-order valence-corrected chi connectivity index (χ0v) is 18.8. The highest BCUT2D eigenvalue weighted by atomic mass is 35.5. The minimum atomic E-state index is -0.0987. The summed E-state index contributed by atoms with van der Waals surface area (Å²) in [5.74, 6) is 3.43. The van der Waals surface area contributed by atoms with Crippen LogP contribution in [0.1, 0.15) is 52.7 Å². The van der Waals surface area contributed by atoms with Crippen LogP contribution in [0.25, 0.3) is 0 Å². The third kappa shape index (κ3) is 4.86. The molecule has 1 saturated heterocycles. The Hall–Kier alpha value is -1.38. The SMILES string of the molecule is C#C[C@H]1CN(C2CCC(c3nc(C)c(C)s3)CC2)[C@@H](Cc2ccc(Cl)cc2)CO1.